The van der Waals surface area contributed by atoms with Crippen molar-refractivity contribution in [3.05, 3.63) is 65.5 Å². The molecule has 0 radical (unpaired) electrons. The number of halogens is 1. The summed E-state index contributed by atoms with van der Waals surface area (Å²) in [5, 5.41) is 2.60. The lowest BCUT2D eigenvalue weighted by atomic mass is 10.1. The van der Waals surface area contributed by atoms with E-state index in [0.29, 0.717) is 11.1 Å². The first kappa shape index (κ1) is 19.6. The summed E-state index contributed by atoms with van der Waals surface area (Å²) >= 11 is 0. The molecule has 0 aliphatic carbocycles. The highest BCUT2D eigenvalue weighted by Gasteiger charge is 2.20. The smallest absolute Gasteiger partial charge is 0.241 e. The minimum absolute atomic E-state index is 0.139. The Morgan fingerprint density at radius 3 is 2.12 bits per heavy atom. The van der Waals surface area contributed by atoms with Crippen molar-refractivity contribution in [1.29, 1.82) is 0 Å². The number of hydrogen-bond acceptors (Lipinski definition) is 4. The van der Waals surface area contributed by atoms with Gasteiger partial charge in [-0.05, 0) is 48.9 Å². The molecule has 1 N–H and O–H groups in total. The summed E-state index contributed by atoms with van der Waals surface area (Å²) in [5.74, 6) is -1.02. The van der Waals surface area contributed by atoms with Crippen LogP contribution in [0.2, 0.25) is 0 Å². The molecule has 2 rings (SSSR count). The number of carbonyl (C=O) groups is 2. The maximum absolute atomic E-state index is 12.9. The average Bonchev–Trinajstić information content (AvgIpc) is 2.58. The fourth-order valence-corrected chi connectivity index (χ4v) is 3.11. The van der Waals surface area contributed by atoms with Gasteiger partial charge in [-0.2, -0.15) is 0 Å². The molecule has 0 saturated carbocycles. The zero-order chi connectivity index (χ0) is 19.3. The molecule has 0 atom stereocenters. The standard InChI is InChI=1S/C18H19FN2O4S/c1-13(22)15-5-9-17(10-6-15)21(26(2,24)25)12-18(23)20-11-14-3-7-16(19)8-4-14/h3-10H,11-12H2,1-2H3,(H,20,23). The van der Waals surface area contributed by atoms with Crippen LogP contribution in [0, 0.1) is 5.82 Å². The molecule has 0 saturated heterocycles. The van der Waals surface area contributed by atoms with Crippen LogP contribution in [0.4, 0.5) is 10.1 Å². The van der Waals surface area contributed by atoms with Crippen LogP contribution in [-0.4, -0.2) is 32.9 Å². The summed E-state index contributed by atoms with van der Waals surface area (Å²) in [4.78, 5) is 23.5. The molecule has 1 amide bonds. The lowest BCUT2D eigenvalue weighted by Crippen LogP contribution is -2.40. The first-order chi connectivity index (χ1) is 12.2. The van der Waals surface area contributed by atoms with E-state index in [2.05, 4.69) is 5.32 Å². The summed E-state index contributed by atoms with van der Waals surface area (Å²) in [5.41, 5.74) is 1.42. The van der Waals surface area contributed by atoms with E-state index < -0.39 is 22.5 Å². The number of Topliss-reactive ketones (excluding diaryl/α,β-unsaturated/α-hetero) is 1. The van der Waals surface area contributed by atoms with Gasteiger partial charge in [0.1, 0.15) is 12.4 Å². The summed E-state index contributed by atoms with van der Waals surface area (Å²) in [6.07, 6.45) is 0.999. The molecule has 0 heterocycles. The Morgan fingerprint density at radius 2 is 1.62 bits per heavy atom. The van der Waals surface area contributed by atoms with Crippen LogP contribution in [0.15, 0.2) is 48.5 Å². The molecule has 0 unspecified atom stereocenters. The van der Waals surface area contributed by atoms with Crippen molar-refractivity contribution in [2.75, 3.05) is 17.1 Å². The molecule has 0 fully saturated rings. The monoisotopic (exact) mass is 378 g/mol. The van der Waals surface area contributed by atoms with Gasteiger partial charge >= 0.3 is 0 Å². The fraction of sp³-hybridized carbons (Fsp3) is 0.222. The molecule has 138 valence electrons. The highest BCUT2D eigenvalue weighted by molar-refractivity contribution is 7.92. The Kier molecular flexibility index (Phi) is 6.10. The first-order valence-electron chi connectivity index (χ1n) is 7.76. The topological polar surface area (TPSA) is 83.6 Å². The van der Waals surface area contributed by atoms with Crippen LogP contribution < -0.4 is 9.62 Å². The second-order valence-corrected chi connectivity index (χ2v) is 7.68. The van der Waals surface area contributed by atoms with E-state index in [-0.39, 0.29) is 23.8 Å². The second kappa shape index (κ2) is 8.09. The highest BCUT2D eigenvalue weighted by Crippen LogP contribution is 2.18. The van der Waals surface area contributed by atoms with Gasteiger partial charge in [0.25, 0.3) is 0 Å². The molecular weight excluding hydrogens is 359 g/mol. The Balaban J connectivity index is 2.08. The number of benzene rings is 2. The Morgan fingerprint density at radius 1 is 1.04 bits per heavy atom. The van der Waals surface area contributed by atoms with E-state index in [1.54, 1.807) is 0 Å². The maximum atomic E-state index is 12.9. The molecule has 6 nitrogen and oxygen atoms in total. The average molecular weight is 378 g/mol. The van der Waals surface area contributed by atoms with Gasteiger partial charge in [-0.3, -0.25) is 13.9 Å². The number of anilines is 1. The normalized spacial score (nSPS) is 11.0. The van der Waals surface area contributed by atoms with Crippen LogP contribution in [-0.2, 0) is 21.4 Å². The highest BCUT2D eigenvalue weighted by atomic mass is 32.2. The third kappa shape index (κ3) is 5.38. The van der Waals surface area contributed by atoms with E-state index in [1.807, 2.05) is 0 Å². The maximum Gasteiger partial charge on any atom is 0.241 e. The number of nitrogens with zero attached hydrogens (tertiary/aromatic N) is 1. The molecule has 0 spiro atoms. The van der Waals surface area contributed by atoms with Crippen LogP contribution in [0.3, 0.4) is 0 Å². The van der Waals surface area contributed by atoms with E-state index in [9.17, 15) is 22.4 Å². The van der Waals surface area contributed by atoms with Crippen molar-refractivity contribution < 1.29 is 22.4 Å². The van der Waals surface area contributed by atoms with Gasteiger partial charge in [0, 0.05) is 12.1 Å². The third-order valence-electron chi connectivity index (χ3n) is 3.65. The minimum Gasteiger partial charge on any atom is -0.350 e. The number of sulfonamides is 1. The zero-order valence-electron chi connectivity index (χ0n) is 14.4. The van der Waals surface area contributed by atoms with Crippen LogP contribution >= 0.6 is 0 Å². The minimum atomic E-state index is -3.70. The molecule has 2 aromatic carbocycles. The zero-order valence-corrected chi connectivity index (χ0v) is 15.2. The first-order valence-corrected chi connectivity index (χ1v) is 9.61. The summed E-state index contributed by atoms with van der Waals surface area (Å²) in [7, 11) is -3.70. The molecule has 8 heteroatoms. The van der Waals surface area contributed by atoms with Gasteiger partial charge in [0.15, 0.2) is 5.78 Å². The molecule has 0 bridgehead atoms. The number of carbonyl (C=O) groups excluding carboxylic acids is 2. The van der Waals surface area contributed by atoms with E-state index in [4.69, 9.17) is 0 Å². The lowest BCUT2D eigenvalue weighted by Gasteiger charge is -2.22. The third-order valence-corrected chi connectivity index (χ3v) is 4.79. The van der Waals surface area contributed by atoms with Gasteiger partial charge < -0.3 is 5.32 Å². The van der Waals surface area contributed by atoms with Gasteiger partial charge in [0.05, 0.1) is 11.9 Å². The van der Waals surface area contributed by atoms with E-state index in [1.165, 1.54) is 55.5 Å². The summed E-state index contributed by atoms with van der Waals surface area (Å²) < 4.78 is 37.9. The van der Waals surface area contributed by atoms with Crippen molar-refractivity contribution in [3.63, 3.8) is 0 Å². The molecule has 0 aromatic heterocycles. The quantitative estimate of drug-likeness (QED) is 0.748. The van der Waals surface area contributed by atoms with Crippen molar-refractivity contribution in [3.8, 4) is 0 Å². The van der Waals surface area contributed by atoms with Gasteiger partial charge in [-0.1, -0.05) is 12.1 Å². The SMILES string of the molecule is CC(=O)c1ccc(N(CC(=O)NCc2ccc(F)cc2)S(C)(=O)=O)cc1. The van der Waals surface area contributed by atoms with Crippen molar-refractivity contribution in [2.24, 2.45) is 0 Å². The number of rotatable bonds is 7. The predicted octanol–water partition coefficient (Wildman–Crippen LogP) is 2.11. The number of nitrogens with one attached hydrogen (secondary N) is 1. The molecule has 0 aliphatic rings. The lowest BCUT2D eigenvalue weighted by molar-refractivity contribution is -0.119. The number of ketones is 1. The number of hydrogen-bond donors (Lipinski definition) is 1. The Labute approximate surface area is 151 Å². The molecular formula is C18H19FN2O4S. The van der Waals surface area contributed by atoms with Gasteiger partial charge in [-0.25, -0.2) is 12.8 Å². The summed E-state index contributed by atoms with van der Waals surface area (Å²) in [6.45, 7) is 1.16. The van der Waals surface area contributed by atoms with Crippen molar-refractivity contribution >= 4 is 27.4 Å². The Hall–Kier alpha value is -2.74. The number of amides is 1. The second-order valence-electron chi connectivity index (χ2n) is 5.78. The van der Waals surface area contributed by atoms with Gasteiger partial charge in [0.2, 0.25) is 15.9 Å². The molecule has 2 aromatic rings. The van der Waals surface area contributed by atoms with E-state index >= 15 is 0 Å². The van der Waals surface area contributed by atoms with E-state index in [0.717, 1.165) is 10.6 Å². The van der Waals surface area contributed by atoms with Crippen LogP contribution in [0.1, 0.15) is 22.8 Å². The largest absolute Gasteiger partial charge is 0.350 e. The summed E-state index contributed by atoms with van der Waals surface area (Å²) in [6, 6.07) is 11.6. The molecule has 26 heavy (non-hydrogen) atoms. The Bertz CT molecular complexity index is 894. The van der Waals surface area contributed by atoms with Crippen molar-refractivity contribution in [2.45, 2.75) is 13.5 Å². The van der Waals surface area contributed by atoms with Gasteiger partial charge in [-0.15, -0.1) is 0 Å². The predicted molar refractivity (Wildman–Crippen MR) is 96.9 cm³/mol. The van der Waals surface area contributed by atoms with Crippen LogP contribution in [0.5, 0.6) is 0 Å². The van der Waals surface area contributed by atoms with Crippen molar-refractivity contribution in [1.82, 2.24) is 5.32 Å². The fourth-order valence-electron chi connectivity index (χ4n) is 2.25. The van der Waals surface area contributed by atoms with Crippen LogP contribution in [0.25, 0.3) is 0 Å². The molecule has 0 aliphatic heterocycles.